The lowest BCUT2D eigenvalue weighted by Gasteiger charge is -2.39. The largest absolute Gasteiger partial charge is 0.378 e. The van der Waals surface area contributed by atoms with Gasteiger partial charge in [-0.3, -0.25) is 19.4 Å². The average molecular weight is 397 g/mol. The molecule has 1 fully saturated rings. The molecule has 0 saturated carbocycles. The van der Waals surface area contributed by atoms with Gasteiger partial charge in [0.05, 0.1) is 0 Å². The molecule has 10 nitrogen and oxygen atoms in total. The minimum atomic E-state index is -0.742. The number of benzene rings is 1. The summed E-state index contributed by atoms with van der Waals surface area (Å²) >= 11 is 0. The monoisotopic (exact) mass is 397 g/mol. The van der Waals surface area contributed by atoms with E-state index >= 15 is 0 Å². The maximum Gasteiger partial charge on any atom is 0.328 e. The lowest BCUT2D eigenvalue weighted by atomic mass is 10.1. The number of hydrogen-bond donors (Lipinski definition) is 1. The molecule has 152 valence electrons. The second-order valence-electron chi connectivity index (χ2n) is 7.50. The summed E-state index contributed by atoms with van der Waals surface area (Å²) in [6.45, 7) is 1.48. The molecular weight excluding hydrogens is 374 g/mol. The molecule has 2 unspecified atom stereocenters. The number of primary amides is 1. The van der Waals surface area contributed by atoms with Crippen LogP contribution >= 0.6 is 0 Å². The van der Waals surface area contributed by atoms with E-state index in [2.05, 4.69) is 4.99 Å². The Morgan fingerprint density at radius 2 is 1.86 bits per heavy atom. The van der Waals surface area contributed by atoms with Gasteiger partial charge in [0.1, 0.15) is 6.54 Å². The van der Waals surface area contributed by atoms with Crippen molar-refractivity contribution in [2.75, 3.05) is 37.5 Å². The quantitative estimate of drug-likeness (QED) is 0.777. The van der Waals surface area contributed by atoms with Crippen molar-refractivity contribution in [3.05, 3.63) is 36.2 Å². The van der Waals surface area contributed by atoms with E-state index in [1.54, 1.807) is 11.9 Å². The number of likely N-dealkylation sites (N-methyl/N-ethyl adjacent to an activating group) is 1. The van der Waals surface area contributed by atoms with Crippen LogP contribution in [-0.2, 0) is 9.59 Å². The van der Waals surface area contributed by atoms with Crippen molar-refractivity contribution in [3.8, 4) is 0 Å². The lowest BCUT2D eigenvalue weighted by Crippen LogP contribution is -2.65. The number of fused-ring (bicyclic) bond motifs is 3. The number of imide groups is 1. The topological polar surface area (TPSA) is 106 Å². The Kier molecular flexibility index (Phi) is 4.21. The highest BCUT2D eigenvalue weighted by Gasteiger charge is 2.54. The van der Waals surface area contributed by atoms with Crippen molar-refractivity contribution in [2.45, 2.75) is 19.1 Å². The van der Waals surface area contributed by atoms with Crippen LogP contribution in [0.15, 0.2) is 41.2 Å². The van der Waals surface area contributed by atoms with E-state index in [0.29, 0.717) is 5.96 Å². The van der Waals surface area contributed by atoms with Crippen molar-refractivity contribution in [1.29, 1.82) is 0 Å². The molecule has 2 N–H and O–H groups in total. The van der Waals surface area contributed by atoms with Gasteiger partial charge in [0.25, 0.3) is 5.91 Å². The number of carbonyl (C=O) groups is 3. The maximum atomic E-state index is 13.0. The Hall–Kier alpha value is -3.56. The molecule has 0 aromatic heterocycles. The number of nitrogens with zero attached hydrogens (tertiary/aromatic N) is 6. The molecule has 3 heterocycles. The predicted octanol–water partition coefficient (Wildman–Crippen LogP) is 0.180. The Bertz CT molecular complexity index is 953. The lowest BCUT2D eigenvalue weighted by molar-refractivity contribution is -0.139. The number of allylic oxidation sites excluding steroid dienone is 1. The van der Waals surface area contributed by atoms with Crippen LogP contribution in [0.3, 0.4) is 0 Å². The standard InChI is InChI=1S/C19H23N7O3/c1-11-9-24-15-16(23(4)19(29)25(17(15)28)10-14(20)27)21-18(24)26(11)13-7-5-12(6-8-13)22(2)3/h5-9,15-16H,10H2,1-4H3,(H2,20,27). The van der Waals surface area contributed by atoms with E-state index in [1.165, 1.54) is 4.90 Å². The minimum absolute atomic E-state index is 0.452. The minimum Gasteiger partial charge on any atom is -0.378 e. The summed E-state index contributed by atoms with van der Waals surface area (Å²) in [6, 6.07) is 6.66. The number of guanidine groups is 1. The molecule has 10 heteroatoms. The third-order valence-corrected chi connectivity index (χ3v) is 5.33. The van der Waals surface area contributed by atoms with Crippen LogP contribution in [0.2, 0.25) is 0 Å². The molecule has 0 spiro atoms. The van der Waals surface area contributed by atoms with Gasteiger partial charge in [-0.1, -0.05) is 0 Å². The molecule has 2 atom stereocenters. The second-order valence-corrected chi connectivity index (χ2v) is 7.50. The molecule has 3 aliphatic rings. The highest BCUT2D eigenvalue weighted by Crippen LogP contribution is 2.36. The first-order valence-electron chi connectivity index (χ1n) is 9.19. The molecule has 1 aromatic rings. The fourth-order valence-electron chi connectivity index (χ4n) is 3.87. The Morgan fingerprint density at radius 1 is 1.21 bits per heavy atom. The number of urea groups is 1. The van der Waals surface area contributed by atoms with E-state index in [1.807, 2.05) is 61.3 Å². The van der Waals surface area contributed by atoms with Crippen LogP contribution < -0.4 is 15.5 Å². The summed E-state index contributed by atoms with van der Waals surface area (Å²) in [7, 11) is 5.51. The molecule has 3 aliphatic heterocycles. The van der Waals surface area contributed by atoms with Crippen molar-refractivity contribution >= 4 is 35.2 Å². The summed E-state index contributed by atoms with van der Waals surface area (Å²) in [5.41, 5.74) is 8.09. The first kappa shape index (κ1) is 18.8. The number of carbonyl (C=O) groups excluding carboxylic acids is 3. The summed E-state index contributed by atoms with van der Waals surface area (Å²) in [4.78, 5) is 49.6. The van der Waals surface area contributed by atoms with Crippen LogP contribution in [0.25, 0.3) is 0 Å². The van der Waals surface area contributed by atoms with Gasteiger partial charge in [-0.15, -0.1) is 0 Å². The summed E-state index contributed by atoms with van der Waals surface area (Å²) in [6.07, 6.45) is 1.18. The van der Waals surface area contributed by atoms with Crippen LogP contribution in [-0.4, -0.2) is 78.4 Å². The molecular formula is C19H23N7O3. The zero-order valence-corrected chi connectivity index (χ0v) is 16.7. The van der Waals surface area contributed by atoms with Gasteiger partial charge in [0, 0.05) is 44.4 Å². The maximum absolute atomic E-state index is 13.0. The number of amides is 4. The van der Waals surface area contributed by atoms with E-state index in [-0.39, 0.29) is 0 Å². The number of rotatable bonds is 4. The Labute approximate surface area is 168 Å². The highest BCUT2D eigenvalue weighted by atomic mass is 16.2. The molecule has 0 radical (unpaired) electrons. The van der Waals surface area contributed by atoms with Gasteiger partial charge in [0.15, 0.2) is 12.2 Å². The average Bonchev–Trinajstić information content (AvgIpc) is 3.18. The molecule has 4 amide bonds. The number of anilines is 2. The Morgan fingerprint density at radius 3 is 2.45 bits per heavy atom. The summed E-state index contributed by atoms with van der Waals surface area (Å²) in [5.74, 6) is -0.651. The highest BCUT2D eigenvalue weighted by molar-refractivity contribution is 6.10. The van der Waals surface area contributed by atoms with Gasteiger partial charge in [-0.25, -0.2) is 9.79 Å². The summed E-state index contributed by atoms with van der Waals surface area (Å²) < 4.78 is 0. The first-order valence-corrected chi connectivity index (χ1v) is 9.19. The summed E-state index contributed by atoms with van der Waals surface area (Å²) in [5, 5.41) is 0. The number of hydrogen-bond acceptors (Lipinski definition) is 7. The number of aliphatic imine (C=N–C) groups is 1. The van der Waals surface area contributed by atoms with Crippen molar-refractivity contribution < 1.29 is 14.4 Å². The predicted molar refractivity (Wildman–Crippen MR) is 108 cm³/mol. The smallest absolute Gasteiger partial charge is 0.328 e. The zero-order chi connectivity index (χ0) is 21.0. The normalized spacial score (nSPS) is 23.2. The van der Waals surface area contributed by atoms with Crippen LogP contribution in [0, 0.1) is 0 Å². The zero-order valence-electron chi connectivity index (χ0n) is 16.7. The molecule has 4 rings (SSSR count). The fourth-order valence-corrected chi connectivity index (χ4v) is 3.87. The molecule has 1 saturated heterocycles. The van der Waals surface area contributed by atoms with Crippen molar-refractivity contribution in [2.24, 2.45) is 10.7 Å². The molecule has 0 bridgehead atoms. The number of nitrogens with two attached hydrogens (primary N) is 1. The van der Waals surface area contributed by atoms with Gasteiger partial charge < -0.3 is 20.4 Å². The first-order chi connectivity index (χ1) is 13.7. The van der Waals surface area contributed by atoms with Gasteiger partial charge in [-0.05, 0) is 31.2 Å². The molecule has 1 aromatic carbocycles. The van der Waals surface area contributed by atoms with E-state index in [0.717, 1.165) is 22.0 Å². The van der Waals surface area contributed by atoms with Crippen LogP contribution in [0.1, 0.15) is 6.92 Å². The fraction of sp³-hybridized carbons (Fsp3) is 0.368. The third-order valence-electron chi connectivity index (χ3n) is 5.33. The van der Waals surface area contributed by atoms with E-state index < -0.39 is 36.6 Å². The van der Waals surface area contributed by atoms with E-state index in [9.17, 15) is 14.4 Å². The van der Waals surface area contributed by atoms with Gasteiger partial charge in [0.2, 0.25) is 11.9 Å². The second kappa shape index (κ2) is 6.50. The van der Waals surface area contributed by atoms with Crippen molar-refractivity contribution in [1.82, 2.24) is 14.7 Å². The SMILES string of the molecule is CC1=CN2C(=NC3C2C(=O)N(CC(N)=O)C(=O)N3C)N1c1ccc(N(C)C)cc1. The van der Waals surface area contributed by atoms with E-state index in [4.69, 9.17) is 5.73 Å². The van der Waals surface area contributed by atoms with Crippen molar-refractivity contribution in [3.63, 3.8) is 0 Å². The molecule has 0 aliphatic carbocycles. The van der Waals surface area contributed by atoms with Gasteiger partial charge in [-0.2, -0.15) is 0 Å². The third kappa shape index (κ3) is 2.79. The Balaban J connectivity index is 1.68. The van der Waals surface area contributed by atoms with Gasteiger partial charge >= 0.3 is 6.03 Å². The molecule has 29 heavy (non-hydrogen) atoms. The van der Waals surface area contributed by atoms with Crippen LogP contribution in [0.5, 0.6) is 0 Å². The van der Waals surface area contributed by atoms with Crippen LogP contribution in [0.4, 0.5) is 16.2 Å².